The van der Waals surface area contributed by atoms with Crippen molar-refractivity contribution in [2.45, 2.75) is 40.4 Å². The molecule has 0 unspecified atom stereocenters. The highest BCUT2D eigenvalue weighted by Gasteiger charge is 2.13. The molecule has 0 bridgehead atoms. The fourth-order valence-electron chi connectivity index (χ4n) is 1.81. The Morgan fingerprint density at radius 3 is 2.65 bits per heavy atom. The molecule has 0 fully saturated rings. The molecule has 0 N–H and O–H groups in total. The molecular weight excluding hydrogens is 296 g/mol. The number of fused-ring (bicyclic) bond motifs is 1. The molecule has 6 heteroatoms. The molecule has 0 radical (unpaired) electrons. The minimum absolute atomic E-state index is 0.220. The van der Waals surface area contributed by atoms with E-state index < -0.39 is 0 Å². The van der Waals surface area contributed by atoms with Crippen LogP contribution in [-0.2, 0) is 16.1 Å². The third-order valence-corrected chi connectivity index (χ3v) is 4.32. The van der Waals surface area contributed by atoms with Crippen LogP contribution in [0.5, 0.6) is 0 Å². The lowest BCUT2D eigenvalue weighted by molar-refractivity contribution is 0.0128. The second-order valence-corrected chi connectivity index (χ2v) is 6.43. The maximum Gasteiger partial charge on any atom is 0.157 e. The molecule has 0 amide bonds. The number of hydrogen-bond acceptors (Lipinski definition) is 5. The zero-order chi connectivity index (χ0) is 14.7. The minimum atomic E-state index is 0.220. The monoisotopic (exact) mass is 314 g/mol. The van der Waals surface area contributed by atoms with Gasteiger partial charge < -0.3 is 9.47 Å². The number of hydrogen-bond donors (Lipinski definition) is 0. The predicted octanol–water partition coefficient (Wildman–Crippen LogP) is 3.90. The SMILES string of the molecule is Cc1sc2nc(COCCOC(C)C)nc(Cl)c2c1C. The molecule has 0 spiro atoms. The van der Waals surface area contributed by atoms with E-state index in [1.54, 1.807) is 11.3 Å². The van der Waals surface area contributed by atoms with Crippen molar-refractivity contribution in [3.8, 4) is 0 Å². The van der Waals surface area contributed by atoms with Crippen LogP contribution in [-0.4, -0.2) is 29.3 Å². The second-order valence-electron chi connectivity index (χ2n) is 4.87. The van der Waals surface area contributed by atoms with E-state index >= 15 is 0 Å². The van der Waals surface area contributed by atoms with Crippen LogP contribution in [0.3, 0.4) is 0 Å². The molecule has 0 aliphatic heterocycles. The van der Waals surface area contributed by atoms with Gasteiger partial charge in [-0.1, -0.05) is 11.6 Å². The highest BCUT2D eigenvalue weighted by Crippen LogP contribution is 2.32. The Balaban J connectivity index is 2.01. The summed E-state index contributed by atoms with van der Waals surface area (Å²) in [6, 6.07) is 0. The first kappa shape index (κ1) is 15.6. The highest BCUT2D eigenvalue weighted by molar-refractivity contribution is 7.18. The van der Waals surface area contributed by atoms with Gasteiger partial charge in [-0.3, -0.25) is 0 Å². The zero-order valence-electron chi connectivity index (χ0n) is 12.2. The van der Waals surface area contributed by atoms with Crippen LogP contribution in [0.25, 0.3) is 10.2 Å². The molecule has 0 saturated carbocycles. The highest BCUT2D eigenvalue weighted by atomic mass is 35.5. The number of aryl methyl sites for hydroxylation is 2. The van der Waals surface area contributed by atoms with Crippen LogP contribution in [0.4, 0.5) is 0 Å². The number of aromatic nitrogens is 2. The smallest absolute Gasteiger partial charge is 0.157 e. The van der Waals surface area contributed by atoms with Gasteiger partial charge in [0.25, 0.3) is 0 Å². The van der Waals surface area contributed by atoms with Gasteiger partial charge in [0.1, 0.15) is 16.6 Å². The molecular formula is C14H19ClN2O2S. The molecule has 4 nitrogen and oxygen atoms in total. The van der Waals surface area contributed by atoms with Crippen LogP contribution in [0.2, 0.25) is 5.15 Å². The van der Waals surface area contributed by atoms with Gasteiger partial charge in [-0.05, 0) is 33.3 Å². The van der Waals surface area contributed by atoms with Gasteiger partial charge in [-0.2, -0.15) is 0 Å². The third-order valence-electron chi connectivity index (χ3n) is 2.94. The molecule has 20 heavy (non-hydrogen) atoms. The topological polar surface area (TPSA) is 44.2 Å². The Morgan fingerprint density at radius 2 is 1.95 bits per heavy atom. The van der Waals surface area contributed by atoms with Crippen molar-refractivity contribution in [1.29, 1.82) is 0 Å². The van der Waals surface area contributed by atoms with Gasteiger partial charge in [0.05, 0.1) is 24.7 Å². The summed E-state index contributed by atoms with van der Waals surface area (Å²) in [5.74, 6) is 0.619. The van der Waals surface area contributed by atoms with E-state index in [4.69, 9.17) is 21.1 Å². The summed E-state index contributed by atoms with van der Waals surface area (Å²) in [6.45, 7) is 9.56. The normalized spacial score (nSPS) is 11.7. The van der Waals surface area contributed by atoms with Crippen molar-refractivity contribution in [3.05, 3.63) is 21.4 Å². The van der Waals surface area contributed by atoms with Gasteiger partial charge >= 0.3 is 0 Å². The van der Waals surface area contributed by atoms with Crippen LogP contribution in [0, 0.1) is 13.8 Å². The Bertz CT molecular complexity index is 598. The molecule has 0 saturated heterocycles. The standard InChI is InChI=1S/C14H19ClN2O2S/c1-8(2)19-6-5-18-7-11-16-13(15)12-9(3)10(4)20-14(12)17-11/h8H,5-7H2,1-4H3. The number of thiophene rings is 1. The van der Waals surface area contributed by atoms with Crippen LogP contribution in [0.15, 0.2) is 0 Å². The molecule has 2 rings (SSSR count). The van der Waals surface area contributed by atoms with E-state index in [0.29, 0.717) is 30.8 Å². The second kappa shape index (κ2) is 6.80. The van der Waals surface area contributed by atoms with Gasteiger partial charge in [0.15, 0.2) is 5.82 Å². The number of rotatable bonds is 6. The van der Waals surface area contributed by atoms with Gasteiger partial charge in [0, 0.05) is 4.88 Å². The summed E-state index contributed by atoms with van der Waals surface area (Å²) in [7, 11) is 0. The third kappa shape index (κ3) is 3.67. The lowest BCUT2D eigenvalue weighted by Crippen LogP contribution is -2.10. The zero-order valence-corrected chi connectivity index (χ0v) is 13.8. The average molecular weight is 315 g/mol. The van der Waals surface area contributed by atoms with E-state index in [0.717, 1.165) is 15.8 Å². The maximum atomic E-state index is 6.24. The van der Waals surface area contributed by atoms with E-state index in [-0.39, 0.29) is 6.10 Å². The van der Waals surface area contributed by atoms with Crippen molar-refractivity contribution >= 4 is 33.2 Å². The quantitative estimate of drug-likeness (QED) is 0.599. The average Bonchev–Trinajstić information content (AvgIpc) is 2.64. The Kier molecular flexibility index (Phi) is 5.32. The maximum absolute atomic E-state index is 6.24. The van der Waals surface area contributed by atoms with E-state index in [9.17, 15) is 0 Å². The Labute approximate surface area is 128 Å². The molecule has 2 heterocycles. The largest absolute Gasteiger partial charge is 0.376 e. The summed E-state index contributed by atoms with van der Waals surface area (Å²) in [5, 5.41) is 1.47. The molecule has 0 aliphatic rings. The first-order valence-corrected chi connectivity index (χ1v) is 7.80. The summed E-state index contributed by atoms with van der Waals surface area (Å²) in [5.41, 5.74) is 1.16. The molecule has 2 aromatic heterocycles. The lowest BCUT2D eigenvalue weighted by atomic mass is 10.2. The number of nitrogens with zero attached hydrogens (tertiary/aromatic N) is 2. The summed E-state index contributed by atoms with van der Waals surface area (Å²) in [4.78, 5) is 11.0. The minimum Gasteiger partial charge on any atom is -0.376 e. The summed E-state index contributed by atoms with van der Waals surface area (Å²) in [6.07, 6.45) is 0.220. The van der Waals surface area contributed by atoms with Gasteiger partial charge in [0.2, 0.25) is 0 Å². The van der Waals surface area contributed by atoms with E-state index in [1.807, 2.05) is 20.8 Å². The van der Waals surface area contributed by atoms with Gasteiger partial charge in [-0.25, -0.2) is 9.97 Å². The van der Waals surface area contributed by atoms with Crippen molar-refractivity contribution in [3.63, 3.8) is 0 Å². The van der Waals surface area contributed by atoms with Crippen molar-refractivity contribution in [2.75, 3.05) is 13.2 Å². The van der Waals surface area contributed by atoms with Gasteiger partial charge in [-0.15, -0.1) is 11.3 Å². The van der Waals surface area contributed by atoms with E-state index in [1.165, 1.54) is 4.88 Å². The Hall–Kier alpha value is -0.750. The molecule has 0 atom stereocenters. The van der Waals surface area contributed by atoms with Crippen LogP contribution < -0.4 is 0 Å². The first-order chi connectivity index (χ1) is 9.49. The molecule has 0 aromatic carbocycles. The van der Waals surface area contributed by atoms with Crippen molar-refractivity contribution < 1.29 is 9.47 Å². The van der Waals surface area contributed by atoms with Crippen LogP contribution >= 0.6 is 22.9 Å². The van der Waals surface area contributed by atoms with Crippen molar-refractivity contribution in [1.82, 2.24) is 9.97 Å². The first-order valence-electron chi connectivity index (χ1n) is 6.60. The fraction of sp³-hybridized carbons (Fsp3) is 0.571. The summed E-state index contributed by atoms with van der Waals surface area (Å²) >= 11 is 7.88. The number of ether oxygens (including phenoxy) is 2. The molecule has 110 valence electrons. The van der Waals surface area contributed by atoms with Crippen molar-refractivity contribution in [2.24, 2.45) is 0 Å². The van der Waals surface area contributed by atoms with Crippen LogP contribution in [0.1, 0.15) is 30.1 Å². The molecule has 0 aliphatic carbocycles. The molecule has 2 aromatic rings. The Morgan fingerprint density at radius 1 is 1.20 bits per heavy atom. The fourth-order valence-corrected chi connectivity index (χ4v) is 3.25. The lowest BCUT2D eigenvalue weighted by Gasteiger charge is -2.07. The predicted molar refractivity (Wildman–Crippen MR) is 82.6 cm³/mol. The summed E-state index contributed by atoms with van der Waals surface area (Å²) < 4.78 is 10.9. The van der Waals surface area contributed by atoms with E-state index in [2.05, 4.69) is 16.9 Å². The number of halogens is 1.